The van der Waals surface area contributed by atoms with Gasteiger partial charge in [0.25, 0.3) is 0 Å². The molecule has 0 heterocycles. The van der Waals surface area contributed by atoms with Crippen LogP contribution in [-0.2, 0) is 11.2 Å². The zero-order valence-corrected chi connectivity index (χ0v) is 12.0. The molecule has 0 radical (unpaired) electrons. The molecule has 0 aliphatic carbocycles. The minimum Gasteiger partial charge on any atom is -0.307 e. The number of halogens is 1. The maximum atomic E-state index is 12.7. The topological polar surface area (TPSA) is 70.2 Å². The lowest BCUT2D eigenvalue weighted by molar-refractivity contribution is -0.121. The van der Waals surface area contributed by atoms with Gasteiger partial charge in [-0.15, -0.1) is 0 Å². The SMILES string of the molecule is Cc1ccc(NC(=O)NNC(=O)Cc2ccc(F)cc2)cc1. The van der Waals surface area contributed by atoms with E-state index in [0.717, 1.165) is 5.56 Å². The zero-order valence-electron chi connectivity index (χ0n) is 12.0. The number of carbonyl (C=O) groups excluding carboxylic acids is 2. The summed E-state index contributed by atoms with van der Waals surface area (Å²) >= 11 is 0. The average Bonchev–Trinajstić information content (AvgIpc) is 2.50. The molecule has 0 atom stereocenters. The normalized spacial score (nSPS) is 9.91. The standard InChI is InChI=1S/C16H16FN3O2/c1-11-2-8-14(9-3-11)18-16(22)20-19-15(21)10-12-4-6-13(17)7-5-12/h2-9H,10H2,1H3,(H,19,21)(H2,18,20,22). The number of rotatable bonds is 3. The van der Waals surface area contributed by atoms with Crippen molar-refractivity contribution < 1.29 is 14.0 Å². The molecule has 6 heteroatoms. The lowest BCUT2D eigenvalue weighted by Gasteiger charge is -2.09. The van der Waals surface area contributed by atoms with Gasteiger partial charge in [-0.1, -0.05) is 29.8 Å². The summed E-state index contributed by atoms with van der Waals surface area (Å²) in [7, 11) is 0. The summed E-state index contributed by atoms with van der Waals surface area (Å²) in [5.74, 6) is -0.759. The number of hydrazine groups is 1. The van der Waals surface area contributed by atoms with Gasteiger partial charge >= 0.3 is 6.03 Å². The van der Waals surface area contributed by atoms with E-state index in [0.29, 0.717) is 11.3 Å². The van der Waals surface area contributed by atoms with Crippen LogP contribution in [-0.4, -0.2) is 11.9 Å². The summed E-state index contributed by atoms with van der Waals surface area (Å²) in [5.41, 5.74) is 6.89. The number of hydrogen-bond donors (Lipinski definition) is 3. The maximum absolute atomic E-state index is 12.7. The maximum Gasteiger partial charge on any atom is 0.337 e. The molecule has 0 unspecified atom stereocenters. The molecule has 0 aromatic heterocycles. The van der Waals surface area contributed by atoms with Crippen LogP contribution in [0, 0.1) is 12.7 Å². The van der Waals surface area contributed by atoms with Crippen LogP contribution < -0.4 is 16.2 Å². The summed E-state index contributed by atoms with van der Waals surface area (Å²) in [4.78, 5) is 23.3. The highest BCUT2D eigenvalue weighted by Crippen LogP contribution is 2.08. The van der Waals surface area contributed by atoms with Gasteiger partial charge in [-0.05, 0) is 36.8 Å². The molecular weight excluding hydrogens is 285 g/mol. The first-order chi connectivity index (χ1) is 10.5. The quantitative estimate of drug-likeness (QED) is 0.762. The molecule has 3 amide bonds. The summed E-state index contributed by atoms with van der Waals surface area (Å²) in [5, 5.41) is 2.58. The summed E-state index contributed by atoms with van der Waals surface area (Å²) < 4.78 is 12.7. The average molecular weight is 301 g/mol. The van der Waals surface area contributed by atoms with Gasteiger partial charge in [0.05, 0.1) is 6.42 Å². The van der Waals surface area contributed by atoms with Crippen molar-refractivity contribution in [3.63, 3.8) is 0 Å². The van der Waals surface area contributed by atoms with E-state index in [1.165, 1.54) is 24.3 Å². The number of aryl methyl sites for hydroxylation is 1. The van der Waals surface area contributed by atoms with Crippen LogP contribution in [0.1, 0.15) is 11.1 Å². The van der Waals surface area contributed by atoms with Gasteiger partial charge in [0, 0.05) is 5.69 Å². The van der Waals surface area contributed by atoms with Crippen molar-refractivity contribution in [1.29, 1.82) is 0 Å². The number of amides is 3. The molecule has 0 saturated heterocycles. The first-order valence-electron chi connectivity index (χ1n) is 6.70. The lowest BCUT2D eigenvalue weighted by atomic mass is 10.1. The van der Waals surface area contributed by atoms with E-state index in [9.17, 15) is 14.0 Å². The molecule has 0 fully saturated rings. The molecule has 0 bridgehead atoms. The number of carbonyl (C=O) groups is 2. The summed E-state index contributed by atoms with van der Waals surface area (Å²) in [6.07, 6.45) is 0.0467. The third-order valence-corrected chi connectivity index (χ3v) is 2.90. The van der Waals surface area contributed by atoms with Gasteiger partial charge in [0.2, 0.25) is 5.91 Å². The molecule has 0 saturated carbocycles. The van der Waals surface area contributed by atoms with Crippen molar-refractivity contribution in [2.45, 2.75) is 13.3 Å². The fourth-order valence-corrected chi connectivity index (χ4v) is 1.76. The number of benzene rings is 2. The van der Waals surface area contributed by atoms with Crippen molar-refractivity contribution in [1.82, 2.24) is 10.9 Å². The fourth-order valence-electron chi connectivity index (χ4n) is 1.76. The predicted molar refractivity (Wildman–Crippen MR) is 81.6 cm³/mol. The van der Waals surface area contributed by atoms with E-state index in [1.54, 1.807) is 12.1 Å². The Morgan fingerprint density at radius 2 is 1.59 bits per heavy atom. The Kier molecular flexibility index (Phi) is 5.08. The molecular formula is C16H16FN3O2. The Morgan fingerprint density at radius 3 is 2.23 bits per heavy atom. The Bertz CT molecular complexity index is 595. The second-order valence-electron chi connectivity index (χ2n) is 4.80. The molecule has 0 aliphatic heterocycles. The minimum absolute atomic E-state index is 0.0467. The van der Waals surface area contributed by atoms with E-state index >= 15 is 0 Å². The van der Waals surface area contributed by atoms with Crippen molar-refractivity contribution in [2.75, 3.05) is 5.32 Å². The Balaban J connectivity index is 1.76. The summed E-state index contributed by atoms with van der Waals surface area (Å²) in [6, 6.07) is 12.3. The van der Waals surface area contributed by atoms with Crippen molar-refractivity contribution >= 4 is 17.6 Å². The first-order valence-corrected chi connectivity index (χ1v) is 6.70. The number of urea groups is 1. The highest BCUT2D eigenvalue weighted by molar-refractivity contribution is 5.91. The smallest absolute Gasteiger partial charge is 0.307 e. The van der Waals surface area contributed by atoms with Gasteiger partial charge in [0.15, 0.2) is 0 Å². The monoisotopic (exact) mass is 301 g/mol. The van der Waals surface area contributed by atoms with Crippen molar-refractivity contribution in [2.24, 2.45) is 0 Å². The van der Waals surface area contributed by atoms with Crippen LogP contribution in [0.4, 0.5) is 14.9 Å². The molecule has 2 rings (SSSR count). The number of anilines is 1. The lowest BCUT2D eigenvalue weighted by Crippen LogP contribution is -2.44. The third kappa shape index (κ3) is 4.90. The Labute approximate surface area is 127 Å². The van der Waals surface area contributed by atoms with Crippen molar-refractivity contribution in [3.05, 3.63) is 65.5 Å². The molecule has 2 aromatic carbocycles. The highest BCUT2D eigenvalue weighted by Gasteiger charge is 2.06. The van der Waals surface area contributed by atoms with Crippen LogP contribution in [0.3, 0.4) is 0 Å². The summed E-state index contributed by atoms with van der Waals surface area (Å²) in [6.45, 7) is 1.94. The molecule has 0 spiro atoms. The van der Waals surface area contributed by atoms with E-state index in [2.05, 4.69) is 16.2 Å². The van der Waals surface area contributed by atoms with Crippen LogP contribution in [0.15, 0.2) is 48.5 Å². The van der Waals surface area contributed by atoms with E-state index < -0.39 is 11.9 Å². The minimum atomic E-state index is -0.545. The molecule has 114 valence electrons. The van der Waals surface area contributed by atoms with Gasteiger partial charge in [-0.25, -0.2) is 14.6 Å². The fraction of sp³-hybridized carbons (Fsp3) is 0.125. The third-order valence-electron chi connectivity index (χ3n) is 2.90. The molecule has 0 aliphatic rings. The van der Waals surface area contributed by atoms with Gasteiger partial charge in [-0.2, -0.15) is 0 Å². The Morgan fingerprint density at radius 1 is 0.955 bits per heavy atom. The number of hydrogen-bond acceptors (Lipinski definition) is 2. The zero-order chi connectivity index (χ0) is 15.9. The van der Waals surface area contributed by atoms with E-state index in [4.69, 9.17) is 0 Å². The highest BCUT2D eigenvalue weighted by atomic mass is 19.1. The van der Waals surface area contributed by atoms with Crippen LogP contribution >= 0.6 is 0 Å². The van der Waals surface area contributed by atoms with Crippen LogP contribution in [0.25, 0.3) is 0 Å². The largest absolute Gasteiger partial charge is 0.337 e. The van der Waals surface area contributed by atoms with Crippen molar-refractivity contribution in [3.8, 4) is 0 Å². The van der Waals surface area contributed by atoms with Gasteiger partial charge in [0.1, 0.15) is 5.82 Å². The van der Waals surface area contributed by atoms with Gasteiger partial charge < -0.3 is 5.32 Å². The molecule has 3 N–H and O–H groups in total. The number of nitrogens with one attached hydrogen (secondary N) is 3. The second-order valence-corrected chi connectivity index (χ2v) is 4.80. The molecule has 5 nitrogen and oxygen atoms in total. The van der Waals surface area contributed by atoms with Crippen LogP contribution in [0.2, 0.25) is 0 Å². The molecule has 22 heavy (non-hydrogen) atoms. The van der Waals surface area contributed by atoms with E-state index in [-0.39, 0.29) is 12.2 Å². The van der Waals surface area contributed by atoms with Gasteiger partial charge in [-0.3, -0.25) is 10.2 Å². The predicted octanol–water partition coefficient (Wildman–Crippen LogP) is 2.53. The molecule has 2 aromatic rings. The Hall–Kier alpha value is -2.89. The van der Waals surface area contributed by atoms with E-state index in [1.807, 2.05) is 19.1 Å². The second kappa shape index (κ2) is 7.21. The van der Waals surface area contributed by atoms with Crippen LogP contribution in [0.5, 0.6) is 0 Å². The first kappa shape index (κ1) is 15.5.